The van der Waals surface area contributed by atoms with Crippen molar-refractivity contribution in [2.45, 2.75) is 229 Å². The van der Waals surface area contributed by atoms with Gasteiger partial charge in [0.25, 0.3) is 0 Å². The molecule has 0 spiro atoms. The Hall–Kier alpha value is -1.93. The number of cyclic esters (lactones) is 1. The van der Waals surface area contributed by atoms with Crippen molar-refractivity contribution in [3.8, 4) is 0 Å². The van der Waals surface area contributed by atoms with E-state index in [0.29, 0.717) is 32.1 Å². The molecule has 12 atom stereocenters. The first-order valence-electron chi connectivity index (χ1n) is 25.0. The van der Waals surface area contributed by atoms with Crippen molar-refractivity contribution < 1.29 is 91.9 Å². The van der Waals surface area contributed by atoms with Crippen LogP contribution in [-0.4, -0.2) is 131 Å². The van der Waals surface area contributed by atoms with Crippen molar-refractivity contribution in [2.24, 2.45) is 11.8 Å². The first-order chi connectivity index (χ1) is 32.3. The number of hydrogen-bond acceptors (Lipinski definition) is 16. The highest BCUT2D eigenvalue weighted by molar-refractivity contribution is 7.47. The van der Waals surface area contributed by atoms with E-state index in [0.717, 1.165) is 70.3 Å². The van der Waals surface area contributed by atoms with Gasteiger partial charge in [-0.3, -0.25) is 28.0 Å². The van der Waals surface area contributed by atoms with Crippen LogP contribution in [0.15, 0.2) is 24.3 Å². The molecule has 1 heterocycles. The van der Waals surface area contributed by atoms with Gasteiger partial charge in [0.05, 0.1) is 31.0 Å². The highest BCUT2D eigenvalue weighted by Crippen LogP contribution is 2.49. The fourth-order valence-electron chi connectivity index (χ4n) is 8.39. The van der Waals surface area contributed by atoms with Gasteiger partial charge < -0.3 is 54.8 Å². The van der Waals surface area contributed by atoms with E-state index >= 15 is 0 Å². The van der Waals surface area contributed by atoms with Crippen LogP contribution in [0.25, 0.3) is 0 Å². The number of Topliss-reactive ketones (excluding diaryl/α,β-unsaturated/α-hetero) is 1. The molecule has 2 rings (SSSR count). The maximum absolute atomic E-state index is 13.7. The molecule has 1 aliphatic carbocycles. The summed E-state index contributed by atoms with van der Waals surface area (Å²) in [5.74, 6) is -5.46. The standard InChI is InChI=1S/C47H84O19P2/c1-3-5-7-8-9-10-11-12-13-14-15-16-17-18-23-27-40(51)62-32-35-33-63-68(60,61)66-47-45(56)44(55)42(53)36(26-22-19-20-24-28-41(52)64-35)38(49)31-39(50)37(30-29-34(48)25-21-6-4-2)43(54)46(47)65-67(57,58)59/h10-11,29-30,34-37,39,42-48,50,53-56H,3-9,12-28,31-33H2,1-2H3,(H,60,61)(H2,57,58,59)/b11-10-,30-29?/t34-,35+,36-,37-,39+,42+,43+,44-,45+,46+,47-/m0/s1. The zero-order valence-electron chi connectivity index (χ0n) is 40.3. The molecule has 2 aliphatic rings. The Morgan fingerprint density at radius 1 is 0.809 bits per heavy atom. The van der Waals surface area contributed by atoms with E-state index in [2.05, 4.69) is 19.1 Å². The fraction of sp³-hybridized carbons (Fsp3) is 0.851. The van der Waals surface area contributed by atoms with Crippen LogP contribution < -0.4 is 0 Å². The van der Waals surface area contributed by atoms with Crippen LogP contribution in [0.3, 0.4) is 0 Å². The molecule has 0 aromatic heterocycles. The van der Waals surface area contributed by atoms with Gasteiger partial charge in [-0.2, -0.15) is 0 Å². The average molecular weight is 1020 g/mol. The van der Waals surface area contributed by atoms with E-state index in [1.54, 1.807) is 0 Å². The molecular formula is C47H84O19P2. The van der Waals surface area contributed by atoms with Gasteiger partial charge in [-0.25, -0.2) is 9.13 Å². The van der Waals surface area contributed by atoms with Crippen molar-refractivity contribution in [1.82, 2.24) is 0 Å². The minimum Gasteiger partial charge on any atom is -0.462 e. The second-order valence-electron chi connectivity index (χ2n) is 18.3. The Balaban J connectivity index is 2.28. The minimum absolute atomic E-state index is 0.0539. The number of carbonyl (C=O) groups excluding carboxylic acids is 3. The van der Waals surface area contributed by atoms with E-state index in [4.69, 9.17) is 23.0 Å². The molecule has 0 amide bonds. The van der Waals surface area contributed by atoms with Crippen molar-refractivity contribution in [3.63, 3.8) is 0 Å². The molecule has 68 heavy (non-hydrogen) atoms. The Kier molecular flexibility index (Phi) is 31.5. The second-order valence-corrected chi connectivity index (χ2v) is 20.9. The van der Waals surface area contributed by atoms with Crippen LogP contribution in [-0.2, 0) is 46.6 Å². The molecule has 1 saturated carbocycles. The van der Waals surface area contributed by atoms with Crippen LogP contribution in [0.1, 0.15) is 174 Å². The van der Waals surface area contributed by atoms with Gasteiger partial charge in [0.15, 0.2) is 6.10 Å². The number of unbranched alkanes of at least 4 members (excludes halogenated alkanes) is 13. The van der Waals surface area contributed by atoms with Crippen molar-refractivity contribution in [3.05, 3.63) is 24.3 Å². The molecular weight excluding hydrogens is 930 g/mol. The van der Waals surface area contributed by atoms with Crippen LogP contribution in [0.5, 0.6) is 0 Å². The molecule has 0 aromatic rings. The summed E-state index contributed by atoms with van der Waals surface area (Å²) in [5.41, 5.74) is 0. The fourth-order valence-corrected chi connectivity index (χ4v) is 9.92. The Bertz CT molecular complexity index is 1570. The molecule has 0 radical (unpaired) electrons. The summed E-state index contributed by atoms with van der Waals surface area (Å²) in [6, 6.07) is 0. The largest absolute Gasteiger partial charge is 0.472 e. The van der Waals surface area contributed by atoms with Crippen LogP contribution in [0.2, 0.25) is 0 Å². The molecule has 21 heteroatoms. The number of aliphatic hydroxyl groups excluding tert-OH is 6. The first kappa shape index (κ1) is 62.2. The number of fused-ring (bicyclic) bond motifs is 4. The zero-order valence-corrected chi connectivity index (χ0v) is 42.0. The molecule has 19 nitrogen and oxygen atoms in total. The van der Waals surface area contributed by atoms with E-state index in [1.165, 1.54) is 31.8 Å². The lowest BCUT2D eigenvalue weighted by Gasteiger charge is -2.38. The quantitative estimate of drug-likeness (QED) is 0.0209. The predicted octanol–water partition coefficient (Wildman–Crippen LogP) is 6.32. The number of ether oxygens (including phenoxy) is 2. The monoisotopic (exact) mass is 1010 g/mol. The zero-order chi connectivity index (χ0) is 50.5. The molecule has 0 aromatic carbocycles. The average Bonchev–Trinajstić information content (AvgIpc) is 3.28. The summed E-state index contributed by atoms with van der Waals surface area (Å²) in [7, 11) is -11.5. The van der Waals surface area contributed by atoms with E-state index in [-0.39, 0.29) is 32.1 Å². The number of phosphoric ester groups is 2. The van der Waals surface area contributed by atoms with Crippen LogP contribution in [0, 0.1) is 11.8 Å². The third-order valence-corrected chi connectivity index (χ3v) is 13.9. The van der Waals surface area contributed by atoms with E-state index < -0.39 is 120 Å². The molecule has 1 unspecified atom stereocenters. The number of ketones is 1. The summed E-state index contributed by atoms with van der Waals surface area (Å²) in [5, 5.41) is 68.1. The number of carbonyl (C=O) groups is 3. The molecule has 2 bridgehead atoms. The smallest absolute Gasteiger partial charge is 0.462 e. The lowest BCUT2D eigenvalue weighted by atomic mass is 9.83. The topological polar surface area (TPSA) is 314 Å². The highest BCUT2D eigenvalue weighted by Gasteiger charge is 2.51. The lowest BCUT2D eigenvalue weighted by molar-refractivity contribution is -0.165. The molecule has 9 N–H and O–H groups in total. The van der Waals surface area contributed by atoms with E-state index in [9.17, 15) is 68.8 Å². The van der Waals surface area contributed by atoms with Crippen molar-refractivity contribution in [2.75, 3.05) is 13.2 Å². The number of hydrogen-bond donors (Lipinski definition) is 9. The molecule has 1 aliphatic heterocycles. The van der Waals surface area contributed by atoms with Gasteiger partial charge in [-0.1, -0.05) is 128 Å². The maximum Gasteiger partial charge on any atom is 0.472 e. The van der Waals surface area contributed by atoms with Gasteiger partial charge in [0.1, 0.15) is 36.8 Å². The molecule has 2 fully saturated rings. The van der Waals surface area contributed by atoms with Crippen LogP contribution in [0.4, 0.5) is 0 Å². The SMILES string of the molecule is CCCCCC/C=C\CCCCCCCCCC(=O)OC[C@@H]1COP(=O)(O)O[C@H]2[C@H](O)[C@@H](O)[C@H](O)[C@@H](CCCCCCC(=O)O1)C(=O)C[C@@H](O)[C@H](C=C[C@@H](O)CCCCC)[C@@H](O)[C@H]2OP(=O)(O)O. The number of allylic oxidation sites excluding steroid dienone is 2. The first-order valence-corrected chi connectivity index (χ1v) is 28.0. The van der Waals surface area contributed by atoms with Crippen molar-refractivity contribution in [1.29, 1.82) is 0 Å². The van der Waals surface area contributed by atoms with Gasteiger partial charge in [-0.15, -0.1) is 0 Å². The second kappa shape index (κ2) is 34.4. The maximum atomic E-state index is 13.7. The Morgan fingerprint density at radius 2 is 1.41 bits per heavy atom. The van der Waals surface area contributed by atoms with Gasteiger partial charge in [-0.05, 0) is 51.4 Å². The molecule has 396 valence electrons. The summed E-state index contributed by atoms with van der Waals surface area (Å²) < 4.78 is 52.1. The summed E-state index contributed by atoms with van der Waals surface area (Å²) in [6.45, 7) is 2.57. The number of esters is 2. The summed E-state index contributed by atoms with van der Waals surface area (Å²) >= 11 is 0. The van der Waals surface area contributed by atoms with E-state index in [1.807, 2.05) is 6.92 Å². The van der Waals surface area contributed by atoms with Crippen molar-refractivity contribution >= 4 is 33.4 Å². The van der Waals surface area contributed by atoms with Gasteiger partial charge >= 0.3 is 27.6 Å². The third kappa shape index (κ3) is 26.0. The minimum atomic E-state index is -5.77. The van der Waals surface area contributed by atoms with Gasteiger partial charge in [0, 0.05) is 31.1 Å². The Morgan fingerprint density at radius 3 is 2.06 bits per heavy atom. The third-order valence-electron chi connectivity index (χ3n) is 12.4. The normalized spacial score (nSPS) is 30.5. The van der Waals surface area contributed by atoms with Crippen LogP contribution >= 0.6 is 15.6 Å². The number of phosphoric acid groups is 2. The summed E-state index contributed by atoms with van der Waals surface area (Å²) in [4.78, 5) is 70.4. The summed E-state index contributed by atoms with van der Waals surface area (Å²) in [6.07, 6.45) is 3.93. The number of aliphatic hydroxyl groups is 6. The Labute approximate surface area is 402 Å². The lowest BCUT2D eigenvalue weighted by Crippen LogP contribution is -2.56. The highest BCUT2D eigenvalue weighted by atomic mass is 31.2. The number of rotatable bonds is 25. The van der Waals surface area contributed by atoms with Gasteiger partial charge in [0.2, 0.25) is 0 Å². The predicted molar refractivity (Wildman–Crippen MR) is 251 cm³/mol. The molecule has 1 saturated heterocycles.